The molecule has 0 atom stereocenters. The van der Waals surface area contributed by atoms with Crippen LogP contribution in [0.1, 0.15) is 40.6 Å². The molecule has 1 amide bonds. The Kier molecular flexibility index (Phi) is 5.88. The lowest BCUT2D eigenvalue weighted by Gasteiger charge is -2.32. The first-order chi connectivity index (χ1) is 14.9. The standard InChI is InChI=1S/C23H22F2N2O4/c1-2-30-23(29)20-12-15-11-14(3-5-19(15)26-20)22(28)27-9-7-17(8-10-27)31-21-6-4-16(24)13-18(21)25/h3-6,11-13,17,26H,2,7-10H2,1H3. The van der Waals surface area contributed by atoms with E-state index >= 15 is 0 Å². The Labute approximate surface area is 177 Å². The van der Waals surface area contributed by atoms with E-state index < -0.39 is 17.6 Å². The van der Waals surface area contributed by atoms with Crippen molar-refractivity contribution in [1.82, 2.24) is 9.88 Å². The molecular formula is C23H22F2N2O4. The number of ether oxygens (including phenoxy) is 2. The van der Waals surface area contributed by atoms with Crippen LogP contribution in [0.3, 0.4) is 0 Å². The summed E-state index contributed by atoms with van der Waals surface area (Å²) < 4.78 is 37.5. The number of aromatic nitrogens is 1. The molecule has 1 N–H and O–H groups in total. The number of fused-ring (bicyclic) bond motifs is 1. The summed E-state index contributed by atoms with van der Waals surface area (Å²) in [6.07, 6.45) is 0.840. The predicted molar refractivity (Wildman–Crippen MR) is 110 cm³/mol. The monoisotopic (exact) mass is 428 g/mol. The van der Waals surface area contributed by atoms with Crippen LogP contribution in [0.4, 0.5) is 8.78 Å². The van der Waals surface area contributed by atoms with Crippen LogP contribution >= 0.6 is 0 Å². The third-order valence-corrected chi connectivity index (χ3v) is 5.28. The van der Waals surface area contributed by atoms with Crippen molar-refractivity contribution >= 4 is 22.8 Å². The van der Waals surface area contributed by atoms with Crippen LogP contribution < -0.4 is 4.74 Å². The van der Waals surface area contributed by atoms with Crippen molar-refractivity contribution in [2.75, 3.05) is 19.7 Å². The summed E-state index contributed by atoms with van der Waals surface area (Å²) in [5, 5.41) is 0.749. The number of esters is 1. The predicted octanol–water partition coefficient (Wildman–Crippen LogP) is 4.31. The minimum Gasteiger partial charge on any atom is -0.487 e. The molecule has 2 heterocycles. The SMILES string of the molecule is CCOC(=O)c1cc2cc(C(=O)N3CCC(Oc4ccc(F)cc4F)CC3)ccc2[nH]1. The molecule has 31 heavy (non-hydrogen) atoms. The van der Waals surface area contributed by atoms with Gasteiger partial charge in [-0.2, -0.15) is 0 Å². The van der Waals surface area contributed by atoms with Gasteiger partial charge in [0, 0.05) is 48.5 Å². The summed E-state index contributed by atoms with van der Waals surface area (Å²) in [4.78, 5) is 29.5. The number of rotatable bonds is 5. The molecule has 4 rings (SSSR count). The molecule has 1 fully saturated rings. The second-order valence-electron chi connectivity index (χ2n) is 7.39. The summed E-state index contributed by atoms with van der Waals surface area (Å²) >= 11 is 0. The molecule has 1 aliphatic heterocycles. The zero-order chi connectivity index (χ0) is 22.0. The quantitative estimate of drug-likeness (QED) is 0.615. The Hall–Kier alpha value is -3.42. The van der Waals surface area contributed by atoms with E-state index in [-0.39, 0.29) is 24.4 Å². The lowest BCUT2D eigenvalue weighted by molar-refractivity contribution is 0.0519. The summed E-state index contributed by atoms with van der Waals surface area (Å²) in [7, 11) is 0. The van der Waals surface area contributed by atoms with Crippen LogP contribution in [0.15, 0.2) is 42.5 Å². The van der Waals surface area contributed by atoms with Gasteiger partial charge in [0.2, 0.25) is 0 Å². The Morgan fingerprint density at radius 1 is 1.10 bits per heavy atom. The minimum absolute atomic E-state index is 0.0153. The lowest BCUT2D eigenvalue weighted by atomic mass is 10.1. The van der Waals surface area contributed by atoms with Crippen molar-refractivity contribution in [3.05, 3.63) is 65.4 Å². The maximum absolute atomic E-state index is 13.8. The normalized spacial score (nSPS) is 14.6. The van der Waals surface area contributed by atoms with E-state index in [0.717, 1.165) is 23.0 Å². The summed E-state index contributed by atoms with van der Waals surface area (Å²) in [6.45, 7) is 2.95. The van der Waals surface area contributed by atoms with Crippen LogP contribution in [-0.4, -0.2) is 47.6 Å². The average molecular weight is 428 g/mol. The van der Waals surface area contributed by atoms with E-state index in [2.05, 4.69) is 4.98 Å². The van der Waals surface area contributed by atoms with Crippen LogP contribution in [0, 0.1) is 11.6 Å². The number of hydrogen-bond acceptors (Lipinski definition) is 4. The molecule has 0 saturated carbocycles. The van der Waals surface area contributed by atoms with Crippen molar-refractivity contribution in [3.8, 4) is 5.75 Å². The molecule has 1 saturated heterocycles. The van der Waals surface area contributed by atoms with Gasteiger partial charge >= 0.3 is 5.97 Å². The summed E-state index contributed by atoms with van der Waals surface area (Å²) in [5.74, 6) is -1.93. The highest BCUT2D eigenvalue weighted by Gasteiger charge is 2.26. The number of carbonyl (C=O) groups is 2. The molecule has 1 aliphatic rings. The molecule has 2 aromatic carbocycles. The largest absolute Gasteiger partial charge is 0.487 e. The highest BCUT2D eigenvalue weighted by Crippen LogP contribution is 2.24. The van der Waals surface area contributed by atoms with Gasteiger partial charge < -0.3 is 19.4 Å². The minimum atomic E-state index is -0.736. The van der Waals surface area contributed by atoms with Gasteiger partial charge in [0.1, 0.15) is 17.6 Å². The van der Waals surface area contributed by atoms with Crippen molar-refractivity contribution in [1.29, 1.82) is 0 Å². The number of nitrogens with zero attached hydrogens (tertiary/aromatic N) is 1. The first kappa shape index (κ1) is 20.8. The summed E-state index contributed by atoms with van der Waals surface area (Å²) in [6, 6.07) is 10.1. The molecule has 0 bridgehead atoms. The highest BCUT2D eigenvalue weighted by atomic mass is 19.1. The van der Waals surface area contributed by atoms with Gasteiger partial charge in [-0.1, -0.05) is 0 Å². The van der Waals surface area contributed by atoms with Gasteiger partial charge in [0.15, 0.2) is 11.6 Å². The highest BCUT2D eigenvalue weighted by molar-refractivity contribution is 6.00. The second-order valence-corrected chi connectivity index (χ2v) is 7.39. The maximum Gasteiger partial charge on any atom is 0.354 e. The molecule has 162 valence electrons. The zero-order valence-electron chi connectivity index (χ0n) is 17.0. The van der Waals surface area contributed by atoms with Crippen molar-refractivity contribution in [2.45, 2.75) is 25.9 Å². The van der Waals surface area contributed by atoms with Gasteiger partial charge in [-0.3, -0.25) is 4.79 Å². The van der Waals surface area contributed by atoms with E-state index in [9.17, 15) is 18.4 Å². The van der Waals surface area contributed by atoms with Gasteiger partial charge in [-0.15, -0.1) is 0 Å². The number of hydrogen-bond donors (Lipinski definition) is 1. The first-order valence-corrected chi connectivity index (χ1v) is 10.2. The molecular weight excluding hydrogens is 406 g/mol. The number of carbonyl (C=O) groups excluding carboxylic acids is 2. The fourth-order valence-electron chi connectivity index (χ4n) is 3.69. The smallest absolute Gasteiger partial charge is 0.354 e. The molecule has 3 aromatic rings. The van der Waals surface area contributed by atoms with Gasteiger partial charge in [-0.25, -0.2) is 13.6 Å². The van der Waals surface area contributed by atoms with E-state index in [1.165, 1.54) is 6.07 Å². The Morgan fingerprint density at radius 3 is 2.58 bits per heavy atom. The van der Waals surface area contributed by atoms with Crippen LogP contribution in [0.25, 0.3) is 10.9 Å². The van der Waals surface area contributed by atoms with Gasteiger partial charge in [0.05, 0.1) is 6.61 Å². The van der Waals surface area contributed by atoms with E-state index in [1.807, 2.05) is 0 Å². The molecule has 0 aliphatic carbocycles. The fraction of sp³-hybridized carbons (Fsp3) is 0.304. The number of likely N-dealkylation sites (tertiary alicyclic amines) is 1. The molecule has 0 radical (unpaired) electrons. The lowest BCUT2D eigenvalue weighted by Crippen LogP contribution is -2.41. The van der Waals surface area contributed by atoms with E-state index in [1.54, 1.807) is 36.1 Å². The van der Waals surface area contributed by atoms with Gasteiger partial charge in [0.25, 0.3) is 5.91 Å². The number of halogens is 2. The summed E-state index contributed by atoms with van der Waals surface area (Å²) in [5.41, 5.74) is 1.60. The van der Waals surface area contributed by atoms with Crippen molar-refractivity contribution in [3.63, 3.8) is 0 Å². The molecule has 6 nitrogen and oxygen atoms in total. The van der Waals surface area contributed by atoms with Crippen LogP contribution in [0.2, 0.25) is 0 Å². The number of benzene rings is 2. The number of amides is 1. The van der Waals surface area contributed by atoms with Crippen molar-refractivity contribution in [2.24, 2.45) is 0 Å². The van der Waals surface area contributed by atoms with Crippen LogP contribution in [-0.2, 0) is 4.74 Å². The molecule has 0 unspecified atom stereocenters. The zero-order valence-corrected chi connectivity index (χ0v) is 17.0. The Balaban J connectivity index is 1.40. The molecule has 8 heteroatoms. The Morgan fingerprint density at radius 2 is 1.87 bits per heavy atom. The maximum atomic E-state index is 13.8. The average Bonchev–Trinajstić information content (AvgIpc) is 3.19. The number of piperidine rings is 1. The first-order valence-electron chi connectivity index (χ1n) is 10.2. The van der Waals surface area contributed by atoms with E-state index in [4.69, 9.17) is 9.47 Å². The van der Waals surface area contributed by atoms with Gasteiger partial charge in [-0.05, 0) is 43.3 Å². The number of aromatic amines is 1. The van der Waals surface area contributed by atoms with E-state index in [0.29, 0.717) is 37.2 Å². The molecule has 0 spiro atoms. The number of nitrogens with one attached hydrogen (secondary N) is 1. The Bertz CT molecular complexity index is 1120. The third kappa shape index (κ3) is 4.52. The molecule has 1 aromatic heterocycles. The van der Waals surface area contributed by atoms with Crippen LogP contribution in [0.5, 0.6) is 5.75 Å². The third-order valence-electron chi connectivity index (χ3n) is 5.28. The second kappa shape index (κ2) is 8.75. The van der Waals surface area contributed by atoms with Crippen molar-refractivity contribution < 1.29 is 27.8 Å². The topological polar surface area (TPSA) is 71.6 Å². The number of H-pyrrole nitrogens is 1. The fourth-order valence-corrected chi connectivity index (χ4v) is 3.69.